The fraction of sp³-hybridized carbons (Fsp3) is 0.471. The summed E-state index contributed by atoms with van der Waals surface area (Å²) in [6, 6.07) is 5.38. The number of aryl methyl sites for hydroxylation is 1. The van der Waals surface area contributed by atoms with Gasteiger partial charge in [0, 0.05) is 44.9 Å². The van der Waals surface area contributed by atoms with Crippen LogP contribution in [-0.4, -0.2) is 33.4 Å². The first-order valence-corrected chi connectivity index (χ1v) is 8.04. The van der Waals surface area contributed by atoms with Gasteiger partial charge in [0.25, 0.3) is 5.91 Å². The smallest absolute Gasteiger partial charge is 0.267 e. The summed E-state index contributed by atoms with van der Waals surface area (Å²) >= 11 is 0. The molecule has 3 heterocycles. The van der Waals surface area contributed by atoms with Crippen LogP contribution in [0, 0.1) is 17.2 Å². The Bertz CT molecular complexity index is 770. The number of hydrogen-bond acceptors (Lipinski definition) is 4. The maximum Gasteiger partial charge on any atom is 0.267 e. The number of rotatable bonds is 4. The SMILES string of the molecule is Cn1cc([C@@H]2OCCC[C@H]2CNC(=O)c2ccc(C#N)n2C)cn1. The minimum absolute atomic E-state index is 0.0455. The highest BCUT2D eigenvalue weighted by molar-refractivity contribution is 5.93. The van der Waals surface area contributed by atoms with Crippen molar-refractivity contribution in [2.75, 3.05) is 13.2 Å². The summed E-state index contributed by atoms with van der Waals surface area (Å²) in [5, 5.41) is 16.2. The number of ether oxygens (including phenoxy) is 1. The molecule has 1 fully saturated rings. The number of nitrogens with zero attached hydrogens (tertiary/aromatic N) is 4. The molecule has 1 saturated heterocycles. The molecule has 1 aliphatic rings. The Morgan fingerprint density at radius 3 is 3.00 bits per heavy atom. The van der Waals surface area contributed by atoms with Crippen molar-refractivity contribution < 1.29 is 9.53 Å². The van der Waals surface area contributed by atoms with Crippen LogP contribution in [0.2, 0.25) is 0 Å². The second kappa shape index (κ2) is 6.89. The van der Waals surface area contributed by atoms with Gasteiger partial charge in [-0.2, -0.15) is 10.4 Å². The van der Waals surface area contributed by atoms with Crippen LogP contribution in [0.4, 0.5) is 0 Å². The molecular weight excluding hydrogens is 306 g/mol. The van der Waals surface area contributed by atoms with Crippen molar-refractivity contribution in [3.63, 3.8) is 0 Å². The first-order chi connectivity index (χ1) is 11.6. The van der Waals surface area contributed by atoms with Crippen LogP contribution in [0.1, 0.15) is 40.7 Å². The Morgan fingerprint density at radius 1 is 1.50 bits per heavy atom. The molecule has 3 rings (SSSR count). The lowest BCUT2D eigenvalue weighted by molar-refractivity contribution is -0.0273. The summed E-state index contributed by atoms with van der Waals surface area (Å²) in [4.78, 5) is 12.4. The van der Waals surface area contributed by atoms with E-state index < -0.39 is 0 Å². The van der Waals surface area contributed by atoms with Gasteiger partial charge in [0.15, 0.2) is 0 Å². The second-order valence-corrected chi connectivity index (χ2v) is 6.13. The monoisotopic (exact) mass is 327 g/mol. The number of nitriles is 1. The fourth-order valence-corrected chi connectivity index (χ4v) is 3.17. The number of nitrogens with one attached hydrogen (secondary N) is 1. The highest BCUT2D eigenvalue weighted by Gasteiger charge is 2.29. The summed E-state index contributed by atoms with van der Waals surface area (Å²) in [6.07, 6.45) is 5.72. The van der Waals surface area contributed by atoms with Gasteiger partial charge in [-0.25, -0.2) is 0 Å². The zero-order chi connectivity index (χ0) is 17.1. The van der Waals surface area contributed by atoms with Crippen LogP contribution >= 0.6 is 0 Å². The van der Waals surface area contributed by atoms with Gasteiger partial charge in [0.1, 0.15) is 17.5 Å². The Hall–Kier alpha value is -2.59. The largest absolute Gasteiger partial charge is 0.373 e. The van der Waals surface area contributed by atoms with E-state index in [4.69, 9.17) is 10.00 Å². The van der Waals surface area contributed by atoms with Gasteiger partial charge in [-0.3, -0.25) is 9.48 Å². The third-order valence-electron chi connectivity index (χ3n) is 4.49. The Balaban J connectivity index is 1.66. The van der Waals surface area contributed by atoms with Crippen LogP contribution in [0.15, 0.2) is 24.5 Å². The van der Waals surface area contributed by atoms with Crippen LogP contribution in [-0.2, 0) is 18.8 Å². The molecule has 0 aromatic carbocycles. The Morgan fingerprint density at radius 2 is 2.33 bits per heavy atom. The molecule has 0 spiro atoms. The molecule has 2 aromatic heterocycles. The molecule has 7 nitrogen and oxygen atoms in total. The summed E-state index contributed by atoms with van der Waals surface area (Å²) in [7, 11) is 3.60. The normalized spacial score (nSPS) is 20.5. The van der Waals surface area contributed by atoms with E-state index in [-0.39, 0.29) is 17.9 Å². The van der Waals surface area contributed by atoms with Gasteiger partial charge in [-0.05, 0) is 25.0 Å². The molecule has 0 unspecified atom stereocenters. The number of aromatic nitrogens is 3. The molecule has 1 N–H and O–H groups in total. The first-order valence-electron chi connectivity index (χ1n) is 8.04. The number of amides is 1. The van der Waals surface area contributed by atoms with Gasteiger partial charge in [-0.1, -0.05) is 0 Å². The average Bonchev–Trinajstić information content (AvgIpc) is 3.18. The van der Waals surface area contributed by atoms with Crippen molar-refractivity contribution in [2.24, 2.45) is 20.0 Å². The molecule has 2 atom stereocenters. The average molecular weight is 327 g/mol. The molecular formula is C17H21N5O2. The maximum absolute atomic E-state index is 12.4. The van der Waals surface area contributed by atoms with Gasteiger partial charge in [0.2, 0.25) is 0 Å². The molecule has 1 aliphatic heterocycles. The summed E-state index contributed by atoms with van der Waals surface area (Å²) in [5.41, 5.74) is 2.00. The van der Waals surface area contributed by atoms with E-state index in [0.29, 0.717) is 17.9 Å². The molecule has 0 bridgehead atoms. The van der Waals surface area contributed by atoms with Crippen molar-refractivity contribution in [3.05, 3.63) is 41.5 Å². The molecule has 0 saturated carbocycles. The first kappa shape index (κ1) is 16.3. The lowest BCUT2D eigenvalue weighted by Gasteiger charge is -2.31. The Kier molecular flexibility index (Phi) is 4.67. The topological polar surface area (TPSA) is 84.9 Å². The van der Waals surface area contributed by atoms with Crippen molar-refractivity contribution in [3.8, 4) is 6.07 Å². The fourth-order valence-electron chi connectivity index (χ4n) is 3.17. The molecule has 7 heteroatoms. The molecule has 0 aliphatic carbocycles. The zero-order valence-electron chi connectivity index (χ0n) is 13.9. The quantitative estimate of drug-likeness (QED) is 0.923. The molecule has 0 radical (unpaired) electrons. The molecule has 24 heavy (non-hydrogen) atoms. The van der Waals surface area contributed by atoms with E-state index in [1.807, 2.05) is 19.4 Å². The van der Waals surface area contributed by atoms with Gasteiger partial charge in [-0.15, -0.1) is 0 Å². The summed E-state index contributed by atoms with van der Waals surface area (Å²) in [6.45, 7) is 1.26. The van der Waals surface area contributed by atoms with E-state index in [9.17, 15) is 4.79 Å². The maximum atomic E-state index is 12.4. The Labute approximate surface area is 140 Å². The number of carbonyl (C=O) groups is 1. The van der Waals surface area contributed by atoms with E-state index >= 15 is 0 Å². The third kappa shape index (κ3) is 3.19. The van der Waals surface area contributed by atoms with Crippen molar-refractivity contribution in [1.82, 2.24) is 19.7 Å². The highest BCUT2D eigenvalue weighted by atomic mass is 16.5. The number of hydrogen-bond donors (Lipinski definition) is 1. The van der Waals surface area contributed by atoms with E-state index in [0.717, 1.165) is 25.0 Å². The summed E-state index contributed by atoms with van der Waals surface area (Å²) < 4.78 is 9.28. The van der Waals surface area contributed by atoms with E-state index in [1.54, 1.807) is 28.4 Å². The standard InChI is InChI=1S/C17H21N5O2/c1-21-11-13(10-20-21)16-12(4-3-7-24-16)9-19-17(23)15-6-5-14(8-18)22(15)2/h5-6,10-12,16H,3-4,7,9H2,1-2H3,(H,19,23)/t12-,16+/m0/s1. The number of carbonyl (C=O) groups excluding carboxylic acids is 1. The van der Waals surface area contributed by atoms with Crippen LogP contribution in [0.3, 0.4) is 0 Å². The predicted octanol–water partition coefficient (Wildman–Crippen LogP) is 1.53. The lowest BCUT2D eigenvalue weighted by Crippen LogP contribution is -2.35. The highest BCUT2D eigenvalue weighted by Crippen LogP contribution is 2.32. The minimum atomic E-state index is -0.172. The van der Waals surface area contributed by atoms with Gasteiger partial charge >= 0.3 is 0 Å². The lowest BCUT2D eigenvalue weighted by atomic mass is 9.91. The third-order valence-corrected chi connectivity index (χ3v) is 4.49. The predicted molar refractivity (Wildman–Crippen MR) is 87.1 cm³/mol. The second-order valence-electron chi connectivity index (χ2n) is 6.13. The van der Waals surface area contributed by atoms with E-state index in [2.05, 4.69) is 16.5 Å². The molecule has 1 amide bonds. The molecule has 126 valence electrons. The van der Waals surface area contributed by atoms with Crippen molar-refractivity contribution in [2.45, 2.75) is 18.9 Å². The van der Waals surface area contributed by atoms with Crippen LogP contribution < -0.4 is 5.32 Å². The van der Waals surface area contributed by atoms with Crippen LogP contribution in [0.5, 0.6) is 0 Å². The van der Waals surface area contributed by atoms with E-state index in [1.165, 1.54) is 0 Å². The van der Waals surface area contributed by atoms with Gasteiger partial charge in [0.05, 0.1) is 12.3 Å². The van der Waals surface area contributed by atoms with Crippen molar-refractivity contribution >= 4 is 5.91 Å². The summed E-state index contributed by atoms with van der Waals surface area (Å²) in [5.74, 6) is 0.0390. The zero-order valence-corrected chi connectivity index (χ0v) is 13.9. The van der Waals surface area contributed by atoms with Crippen LogP contribution in [0.25, 0.3) is 0 Å². The minimum Gasteiger partial charge on any atom is -0.373 e. The van der Waals surface area contributed by atoms with Gasteiger partial charge < -0.3 is 14.6 Å². The molecule has 2 aromatic rings. The van der Waals surface area contributed by atoms with Crippen molar-refractivity contribution in [1.29, 1.82) is 5.26 Å².